The average molecular weight is 359 g/mol. The van der Waals surface area contributed by atoms with Crippen molar-refractivity contribution in [1.82, 2.24) is 19.9 Å². The van der Waals surface area contributed by atoms with E-state index in [9.17, 15) is 0 Å². The first kappa shape index (κ1) is 18.0. The van der Waals surface area contributed by atoms with Gasteiger partial charge in [-0.2, -0.15) is 0 Å². The first-order valence-corrected chi connectivity index (χ1v) is 8.40. The molecule has 9 heteroatoms. The lowest BCUT2D eigenvalue weighted by Crippen LogP contribution is -2.47. The van der Waals surface area contributed by atoms with Crippen LogP contribution in [0.1, 0.15) is 0 Å². The minimum Gasteiger partial charge on any atom is -0.497 e. The standard InChI is InChI=1S/C17H25N7O2/c1-23-6-8-24(9-7-23)22-17-15(18)16(19-11-20-17)21-13-5-4-12(25-2)10-14(13)26-3/h4-5,10-11H,6-9,18H2,1-3H3,(H2,19,20,21,22). The van der Waals surface area contributed by atoms with Crippen LogP contribution in [0.3, 0.4) is 0 Å². The van der Waals surface area contributed by atoms with E-state index >= 15 is 0 Å². The van der Waals surface area contributed by atoms with Crippen molar-refractivity contribution in [3.8, 4) is 11.5 Å². The molecule has 1 aliphatic heterocycles. The highest BCUT2D eigenvalue weighted by Gasteiger charge is 2.17. The second-order valence-corrected chi connectivity index (χ2v) is 6.08. The van der Waals surface area contributed by atoms with Crippen molar-refractivity contribution in [3.63, 3.8) is 0 Å². The number of hydrazine groups is 1. The number of rotatable bonds is 6. The van der Waals surface area contributed by atoms with Gasteiger partial charge in [-0.15, -0.1) is 0 Å². The monoisotopic (exact) mass is 359 g/mol. The van der Waals surface area contributed by atoms with Crippen LogP contribution in [0.25, 0.3) is 0 Å². The van der Waals surface area contributed by atoms with Crippen LogP contribution in [0.5, 0.6) is 11.5 Å². The van der Waals surface area contributed by atoms with E-state index in [-0.39, 0.29) is 0 Å². The molecule has 2 heterocycles. The number of likely N-dealkylation sites (N-methyl/N-ethyl adjacent to an activating group) is 1. The molecule has 0 amide bonds. The van der Waals surface area contributed by atoms with Crippen LogP contribution in [0.2, 0.25) is 0 Å². The number of piperazine rings is 1. The summed E-state index contributed by atoms with van der Waals surface area (Å²) in [5.74, 6) is 2.44. The van der Waals surface area contributed by atoms with Gasteiger partial charge in [0, 0.05) is 32.2 Å². The van der Waals surface area contributed by atoms with E-state index < -0.39 is 0 Å². The van der Waals surface area contributed by atoms with Gasteiger partial charge in [-0.05, 0) is 19.2 Å². The summed E-state index contributed by atoms with van der Waals surface area (Å²) in [7, 11) is 5.32. The Labute approximate surface area is 153 Å². The highest BCUT2D eigenvalue weighted by molar-refractivity contribution is 5.79. The van der Waals surface area contributed by atoms with Crippen molar-refractivity contribution in [3.05, 3.63) is 24.5 Å². The van der Waals surface area contributed by atoms with Gasteiger partial charge in [-0.3, -0.25) is 0 Å². The first-order valence-electron chi connectivity index (χ1n) is 8.40. The Balaban J connectivity index is 1.77. The third-order valence-corrected chi connectivity index (χ3v) is 4.31. The Hall–Kier alpha value is -2.78. The van der Waals surface area contributed by atoms with Crippen LogP contribution in [-0.2, 0) is 0 Å². The third kappa shape index (κ3) is 4.06. The van der Waals surface area contributed by atoms with Crippen LogP contribution >= 0.6 is 0 Å². The fourth-order valence-corrected chi connectivity index (χ4v) is 2.68. The predicted octanol–water partition coefficient (Wildman–Crippen LogP) is 1.39. The molecule has 1 aliphatic rings. The molecular formula is C17H25N7O2. The van der Waals surface area contributed by atoms with Crippen molar-refractivity contribution in [2.75, 3.05) is 63.9 Å². The number of nitrogen functional groups attached to an aromatic ring is 1. The molecule has 1 saturated heterocycles. The zero-order valence-electron chi connectivity index (χ0n) is 15.3. The molecule has 1 fully saturated rings. The molecule has 0 aliphatic carbocycles. The summed E-state index contributed by atoms with van der Waals surface area (Å²) in [5, 5.41) is 5.31. The average Bonchev–Trinajstić information content (AvgIpc) is 2.67. The highest BCUT2D eigenvalue weighted by Crippen LogP contribution is 2.33. The van der Waals surface area contributed by atoms with E-state index in [1.165, 1.54) is 6.33 Å². The summed E-state index contributed by atoms with van der Waals surface area (Å²) in [5.41, 5.74) is 10.7. The van der Waals surface area contributed by atoms with E-state index in [2.05, 4.69) is 37.7 Å². The Morgan fingerprint density at radius 3 is 2.46 bits per heavy atom. The van der Waals surface area contributed by atoms with Crippen LogP contribution < -0.4 is 25.9 Å². The van der Waals surface area contributed by atoms with Gasteiger partial charge in [-0.25, -0.2) is 15.0 Å². The summed E-state index contributed by atoms with van der Waals surface area (Å²) < 4.78 is 10.6. The van der Waals surface area contributed by atoms with Gasteiger partial charge < -0.3 is 30.8 Å². The number of nitrogens with one attached hydrogen (secondary N) is 2. The fraction of sp³-hybridized carbons (Fsp3) is 0.412. The number of hydrogen-bond acceptors (Lipinski definition) is 9. The largest absolute Gasteiger partial charge is 0.497 e. The lowest BCUT2D eigenvalue weighted by molar-refractivity contribution is 0.178. The molecule has 0 atom stereocenters. The van der Waals surface area contributed by atoms with Gasteiger partial charge in [0.15, 0.2) is 11.6 Å². The van der Waals surface area contributed by atoms with E-state index in [0.717, 1.165) is 31.9 Å². The molecule has 9 nitrogen and oxygen atoms in total. The Bertz CT molecular complexity index is 748. The van der Waals surface area contributed by atoms with E-state index in [1.54, 1.807) is 20.3 Å². The van der Waals surface area contributed by atoms with E-state index in [4.69, 9.17) is 15.2 Å². The predicted molar refractivity (Wildman–Crippen MR) is 102 cm³/mol. The molecule has 4 N–H and O–H groups in total. The number of anilines is 4. The minimum absolute atomic E-state index is 0.448. The molecule has 26 heavy (non-hydrogen) atoms. The molecule has 0 spiro atoms. The van der Waals surface area contributed by atoms with Crippen molar-refractivity contribution in [2.45, 2.75) is 0 Å². The Kier molecular flexibility index (Phi) is 5.59. The van der Waals surface area contributed by atoms with Gasteiger partial charge in [-0.1, -0.05) is 0 Å². The normalized spacial score (nSPS) is 15.5. The second-order valence-electron chi connectivity index (χ2n) is 6.08. The number of benzene rings is 1. The molecular weight excluding hydrogens is 334 g/mol. The summed E-state index contributed by atoms with van der Waals surface area (Å²) in [6, 6.07) is 5.49. The maximum atomic E-state index is 6.27. The van der Waals surface area contributed by atoms with Crippen LogP contribution in [0.4, 0.5) is 23.0 Å². The summed E-state index contributed by atoms with van der Waals surface area (Å²) in [6.07, 6.45) is 1.48. The Morgan fingerprint density at radius 1 is 1.04 bits per heavy atom. The number of methoxy groups -OCH3 is 2. The number of nitrogens with zero attached hydrogens (tertiary/aromatic N) is 4. The molecule has 3 rings (SSSR count). The topological polar surface area (TPSA) is 101 Å². The molecule has 1 aromatic heterocycles. The minimum atomic E-state index is 0.448. The fourth-order valence-electron chi connectivity index (χ4n) is 2.68. The number of hydrogen-bond donors (Lipinski definition) is 3. The number of aromatic nitrogens is 2. The van der Waals surface area contributed by atoms with Crippen molar-refractivity contribution >= 4 is 23.0 Å². The Morgan fingerprint density at radius 2 is 1.77 bits per heavy atom. The van der Waals surface area contributed by atoms with Crippen molar-refractivity contribution < 1.29 is 9.47 Å². The van der Waals surface area contributed by atoms with Crippen LogP contribution in [0, 0.1) is 0 Å². The van der Waals surface area contributed by atoms with Gasteiger partial charge >= 0.3 is 0 Å². The second kappa shape index (κ2) is 8.07. The molecule has 0 saturated carbocycles. The summed E-state index contributed by atoms with van der Waals surface area (Å²) in [6.45, 7) is 3.78. The maximum absolute atomic E-state index is 6.27. The third-order valence-electron chi connectivity index (χ3n) is 4.31. The highest BCUT2D eigenvalue weighted by atomic mass is 16.5. The molecule has 2 aromatic rings. The first-order chi connectivity index (χ1) is 12.6. The molecule has 1 aromatic carbocycles. The molecule has 0 radical (unpaired) electrons. The van der Waals surface area contributed by atoms with E-state index in [1.807, 2.05) is 12.1 Å². The maximum Gasteiger partial charge on any atom is 0.169 e. The summed E-state index contributed by atoms with van der Waals surface area (Å²) >= 11 is 0. The zero-order chi connectivity index (χ0) is 18.5. The number of ether oxygens (including phenoxy) is 2. The van der Waals surface area contributed by atoms with Gasteiger partial charge in [0.1, 0.15) is 23.5 Å². The van der Waals surface area contributed by atoms with Gasteiger partial charge in [0.05, 0.1) is 19.9 Å². The summed E-state index contributed by atoms with van der Waals surface area (Å²) in [4.78, 5) is 10.8. The van der Waals surface area contributed by atoms with Crippen LogP contribution in [0.15, 0.2) is 24.5 Å². The SMILES string of the molecule is COc1ccc(Nc2ncnc(NN3CCN(C)CC3)c2N)c(OC)c1. The molecule has 140 valence electrons. The quantitative estimate of drug-likeness (QED) is 0.706. The number of nitrogens with two attached hydrogens (primary N) is 1. The van der Waals surface area contributed by atoms with Crippen molar-refractivity contribution in [2.24, 2.45) is 0 Å². The molecule has 0 bridgehead atoms. The van der Waals surface area contributed by atoms with Gasteiger partial charge in [0.25, 0.3) is 0 Å². The van der Waals surface area contributed by atoms with Crippen LogP contribution in [-0.4, -0.2) is 67.3 Å². The van der Waals surface area contributed by atoms with Crippen molar-refractivity contribution in [1.29, 1.82) is 0 Å². The lowest BCUT2D eigenvalue weighted by Gasteiger charge is -2.33. The smallest absolute Gasteiger partial charge is 0.169 e. The van der Waals surface area contributed by atoms with Gasteiger partial charge in [0.2, 0.25) is 0 Å². The lowest BCUT2D eigenvalue weighted by atomic mass is 10.2. The zero-order valence-corrected chi connectivity index (χ0v) is 15.3. The van der Waals surface area contributed by atoms with E-state index in [0.29, 0.717) is 28.8 Å². The molecule has 0 unspecified atom stereocenters.